The standard InChI is InChI=1S/C7H2BrF2IN2/c8-6-4(2-12)3(7(9)10)1-5(11)13-6/h1,7H. The van der Waals surface area contributed by atoms with Gasteiger partial charge in [0.25, 0.3) is 6.43 Å². The van der Waals surface area contributed by atoms with Crippen molar-refractivity contribution in [1.29, 1.82) is 5.26 Å². The predicted molar refractivity (Wildman–Crippen MR) is 54.3 cm³/mol. The molecule has 1 heterocycles. The van der Waals surface area contributed by atoms with Crippen LogP contribution < -0.4 is 0 Å². The summed E-state index contributed by atoms with van der Waals surface area (Å²) in [6.45, 7) is 0. The molecule has 1 aromatic heterocycles. The molecule has 1 rings (SSSR count). The topological polar surface area (TPSA) is 36.7 Å². The number of nitriles is 1. The van der Waals surface area contributed by atoms with E-state index in [1.54, 1.807) is 6.07 Å². The summed E-state index contributed by atoms with van der Waals surface area (Å²) in [5.74, 6) is 0. The molecule has 0 unspecified atom stereocenters. The van der Waals surface area contributed by atoms with Gasteiger partial charge in [0.2, 0.25) is 0 Å². The molecule has 0 radical (unpaired) electrons. The summed E-state index contributed by atoms with van der Waals surface area (Å²) in [4.78, 5) is 3.83. The van der Waals surface area contributed by atoms with Crippen molar-refractivity contribution >= 4 is 38.5 Å². The number of alkyl halides is 2. The van der Waals surface area contributed by atoms with Crippen LogP contribution in [0.4, 0.5) is 8.78 Å². The summed E-state index contributed by atoms with van der Waals surface area (Å²) in [7, 11) is 0. The van der Waals surface area contributed by atoms with Gasteiger partial charge in [-0.25, -0.2) is 13.8 Å². The first-order chi connectivity index (χ1) is 6.06. The first-order valence-electron chi connectivity index (χ1n) is 3.10. The molecule has 0 atom stereocenters. The number of rotatable bonds is 1. The van der Waals surface area contributed by atoms with Crippen molar-refractivity contribution in [3.63, 3.8) is 0 Å². The fourth-order valence-corrected chi connectivity index (χ4v) is 2.20. The molecule has 0 bridgehead atoms. The third-order valence-electron chi connectivity index (χ3n) is 1.32. The Labute approximate surface area is 95.2 Å². The van der Waals surface area contributed by atoms with Crippen LogP contribution in [0.15, 0.2) is 10.7 Å². The van der Waals surface area contributed by atoms with Crippen molar-refractivity contribution in [3.05, 3.63) is 25.5 Å². The Kier molecular flexibility index (Phi) is 3.55. The van der Waals surface area contributed by atoms with Gasteiger partial charge in [0.05, 0.1) is 5.56 Å². The van der Waals surface area contributed by atoms with Gasteiger partial charge in [-0.15, -0.1) is 0 Å². The molecule has 1 aromatic rings. The lowest BCUT2D eigenvalue weighted by molar-refractivity contribution is 0.150. The van der Waals surface area contributed by atoms with Crippen LogP contribution in [0, 0.1) is 15.0 Å². The summed E-state index contributed by atoms with van der Waals surface area (Å²) in [6.07, 6.45) is -2.65. The van der Waals surface area contributed by atoms with Gasteiger partial charge in [-0.05, 0) is 44.6 Å². The number of nitrogens with zero attached hydrogens (tertiary/aromatic N) is 2. The van der Waals surface area contributed by atoms with E-state index >= 15 is 0 Å². The van der Waals surface area contributed by atoms with Crippen LogP contribution in [0.1, 0.15) is 17.6 Å². The van der Waals surface area contributed by atoms with Crippen molar-refractivity contribution in [1.82, 2.24) is 4.98 Å². The molecule has 13 heavy (non-hydrogen) atoms. The fraction of sp³-hybridized carbons (Fsp3) is 0.143. The highest BCUT2D eigenvalue weighted by Gasteiger charge is 2.17. The van der Waals surface area contributed by atoms with E-state index in [-0.39, 0.29) is 15.7 Å². The molecule has 6 heteroatoms. The van der Waals surface area contributed by atoms with Gasteiger partial charge in [0.15, 0.2) is 0 Å². The molecule has 0 fully saturated rings. The minimum Gasteiger partial charge on any atom is -0.234 e. The molecule has 0 spiro atoms. The molecule has 0 aliphatic heterocycles. The molecular weight excluding hydrogens is 357 g/mol. The Bertz CT molecular complexity index is 375. The van der Waals surface area contributed by atoms with E-state index < -0.39 is 6.43 Å². The predicted octanol–water partition coefficient (Wildman–Crippen LogP) is 3.26. The Morgan fingerprint density at radius 3 is 2.69 bits per heavy atom. The third-order valence-corrected chi connectivity index (χ3v) is 2.45. The van der Waals surface area contributed by atoms with Gasteiger partial charge in [0, 0.05) is 5.56 Å². The van der Waals surface area contributed by atoms with Crippen LogP contribution in [0.25, 0.3) is 0 Å². The first-order valence-corrected chi connectivity index (χ1v) is 4.97. The fourth-order valence-electron chi connectivity index (χ4n) is 0.784. The largest absolute Gasteiger partial charge is 0.265 e. The highest BCUT2D eigenvalue weighted by Crippen LogP contribution is 2.27. The van der Waals surface area contributed by atoms with Gasteiger partial charge in [0.1, 0.15) is 14.4 Å². The van der Waals surface area contributed by atoms with Crippen LogP contribution >= 0.6 is 38.5 Å². The molecule has 0 aliphatic carbocycles. The van der Waals surface area contributed by atoms with Gasteiger partial charge in [-0.2, -0.15) is 5.26 Å². The Balaban J connectivity index is 3.41. The van der Waals surface area contributed by atoms with Gasteiger partial charge in [-0.3, -0.25) is 0 Å². The number of hydrogen-bond acceptors (Lipinski definition) is 2. The molecular formula is C7H2BrF2IN2. The highest BCUT2D eigenvalue weighted by molar-refractivity contribution is 14.1. The summed E-state index contributed by atoms with van der Waals surface area (Å²) < 4.78 is 25.3. The van der Waals surface area contributed by atoms with Crippen molar-refractivity contribution in [2.24, 2.45) is 0 Å². The van der Waals surface area contributed by atoms with Crippen molar-refractivity contribution in [3.8, 4) is 6.07 Å². The lowest BCUT2D eigenvalue weighted by Crippen LogP contribution is -1.96. The van der Waals surface area contributed by atoms with E-state index in [1.165, 1.54) is 6.07 Å². The van der Waals surface area contributed by atoms with Crippen LogP contribution in [0.3, 0.4) is 0 Å². The second-order valence-corrected chi connectivity index (χ2v) is 3.97. The maximum absolute atomic E-state index is 12.4. The zero-order valence-corrected chi connectivity index (χ0v) is 9.80. The van der Waals surface area contributed by atoms with E-state index in [0.717, 1.165) is 0 Å². The van der Waals surface area contributed by atoms with E-state index in [4.69, 9.17) is 5.26 Å². The average molecular weight is 359 g/mol. The van der Waals surface area contributed by atoms with E-state index in [2.05, 4.69) is 20.9 Å². The SMILES string of the molecule is N#Cc1c(C(F)F)cc(I)nc1Br. The quantitative estimate of drug-likeness (QED) is 0.570. The summed E-state index contributed by atoms with van der Waals surface area (Å²) in [6, 6.07) is 2.88. The van der Waals surface area contributed by atoms with Crippen molar-refractivity contribution in [2.45, 2.75) is 6.43 Å². The Hall–Kier alpha value is -0.290. The molecule has 0 aliphatic rings. The lowest BCUT2D eigenvalue weighted by atomic mass is 10.2. The molecule has 0 aromatic carbocycles. The number of pyridine rings is 1. The zero-order valence-electron chi connectivity index (χ0n) is 6.06. The maximum Gasteiger partial charge on any atom is 0.265 e. The Morgan fingerprint density at radius 1 is 1.62 bits per heavy atom. The molecule has 0 N–H and O–H groups in total. The third kappa shape index (κ3) is 2.34. The molecule has 0 saturated carbocycles. The molecule has 2 nitrogen and oxygen atoms in total. The minimum atomic E-state index is -2.65. The van der Waals surface area contributed by atoms with Crippen molar-refractivity contribution in [2.75, 3.05) is 0 Å². The normalized spacial score (nSPS) is 10.2. The summed E-state index contributed by atoms with van der Waals surface area (Å²) >= 11 is 4.77. The number of hydrogen-bond donors (Lipinski definition) is 0. The molecule has 68 valence electrons. The smallest absolute Gasteiger partial charge is 0.234 e. The summed E-state index contributed by atoms with van der Waals surface area (Å²) in [5, 5.41) is 8.58. The minimum absolute atomic E-state index is 0.101. The number of aromatic nitrogens is 1. The average Bonchev–Trinajstić information content (AvgIpc) is 2.02. The molecule has 0 amide bonds. The van der Waals surface area contributed by atoms with Crippen LogP contribution in [0.5, 0.6) is 0 Å². The maximum atomic E-state index is 12.4. The van der Waals surface area contributed by atoms with Crippen LogP contribution in [0.2, 0.25) is 0 Å². The highest BCUT2D eigenvalue weighted by atomic mass is 127. The van der Waals surface area contributed by atoms with E-state index in [9.17, 15) is 8.78 Å². The van der Waals surface area contributed by atoms with E-state index in [0.29, 0.717) is 3.70 Å². The number of halogens is 4. The van der Waals surface area contributed by atoms with Gasteiger partial charge >= 0.3 is 0 Å². The first kappa shape index (κ1) is 10.8. The molecule has 0 saturated heterocycles. The van der Waals surface area contributed by atoms with Gasteiger partial charge < -0.3 is 0 Å². The Morgan fingerprint density at radius 2 is 2.23 bits per heavy atom. The van der Waals surface area contributed by atoms with Crippen LogP contribution in [-0.2, 0) is 0 Å². The monoisotopic (exact) mass is 358 g/mol. The van der Waals surface area contributed by atoms with Gasteiger partial charge in [-0.1, -0.05) is 0 Å². The van der Waals surface area contributed by atoms with E-state index in [1.807, 2.05) is 22.6 Å². The van der Waals surface area contributed by atoms with Crippen LogP contribution in [-0.4, -0.2) is 4.98 Å². The lowest BCUT2D eigenvalue weighted by Gasteiger charge is -2.04. The second-order valence-electron chi connectivity index (χ2n) is 2.11. The zero-order chi connectivity index (χ0) is 10.0. The van der Waals surface area contributed by atoms with Crippen molar-refractivity contribution < 1.29 is 8.78 Å². The second kappa shape index (κ2) is 4.28. The summed E-state index contributed by atoms with van der Waals surface area (Å²) in [5.41, 5.74) is -0.385.